The Labute approximate surface area is 164 Å². The molecule has 0 aliphatic rings. The summed E-state index contributed by atoms with van der Waals surface area (Å²) in [5, 5.41) is 0. The number of likely N-dealkylation sites (N-methyl/N-ethyl adjacent to an activating group) is 1. The fourth-order valence-electron chi connectivity index (χ4n) is 2.74. The van der Waals surface area contributed by atoms with Gasteiger partial charge in [0, 0.05) is 12.7 Å². The zero-order valence-electron chi connectivity index (χ0n) is 16.7. The number of amides is 1. The SMILES string of the molecule is COc1cc(CC(=O)O[C@@H](C)C(=O)N(C)c2ccccc2)cc(OC)c1OC. The Morgan fingerprint density at radius 3 is 2.04 bits per heavy atom. The maximum absolute atomic E-state index is 12.5. The Balaban J connectivity index is 2.06. The lowest BCUT2D eigenvalue weighted by molar-refractivity contribution is -0.153. The fourth-order valence-corrected chi connectivity index (χ4v) is 2.74. The third-order valence-corrected chi connectivity index (χ3v) is 4.20. The highest BCUT2D eigenvalue weighted by atomic mass is 16.5. The predicted molar refractivity (Wildman–Crippen MR) is 105 cm³/mol. The minimum atomic E-state index is -0.917. The smallest absolute Gasteiger partial charge is 0.311 e. The summed E-state index contributed by atoms with van der Waals surface area (Å²) in [4.78, 5) is 26.3. The van der Waals surface area contributed by atoms with Crippen LogP contribution in [0.3, 0.4) is 0 Å². The molecule has 0 aliphatic heterocycles. The van der Waals surface area contributed by atoms with Crippen LogP contribution in [-0.2, 0) is 20.7 Å². The molecule has 0 radical (unpaired) electrons. The van der Waals surface area contributed by atoms with Crippen molar-refractivity contribution in [3.05, 3.63) is 48.0 Å². The van der Waals surface area contributed by atoms with Gasteiger partial charge in [0.05, 0.1) is 27.8 Å². The number of benzene rings is 2. The van der Waals surface area contributed by atoms with E-state index in [2.05, 4.69) is 0 Å². The van der Waals surface area contributed by atoms with Gasteiger partial charge in [-0.15, -0.1) is 0 Å². The number of hydrogen-bond acceptors (Lipinski definition) is 6. The Bertz CT molecular complexity index is 796. The van der Waals surface area contributed by atoms with Gasteiger partial charge in [-0.2, -0.15) is 0 Å². The number of carbonyl (C=O) groups is 2. The van der Waals surface area contributed by atoms with Crippen molar-refractivity contribution in [3.63, 3.8) is 0 Å². The molecule has 0 bridgehead atoms. The molecule has 1 atom stereocenters. The molecular formula is C21H25NO6. The first-order valence-electron chi connectivity index (χ1n) is 8.72. The van der Waals surface area contributed by atoms with Crippen LogP contribution in [-0.4, -0.2) is 46.4 Å². The number of carbonyl (C=O) groups excluding carboxylic acids is 2. The molecule has 0 fully saturated rings. The van der Waals surface area contributed by atoms with Crippen LogP contribution in [0.4, 0.5) is 5.69 Å². The van der Waals surface area contributed by atoms with Crippen molar-refractivity contribution >= 4 is 17.6 Å². The van der Waals surface area contributed by atoms with Crippen molar-refractivity contribution in [1.82, 2.24) is 0 Å². The van der Waals surface area contributed by atoms with Gasteiger partial charge in [0.15, 0.2) is 17.6 Å². The highest BCUT2D eigenvalue weighted by Gasteiger charge is 2.23. The molecule has 28 heavy (non-hydrogen) atoms. The van der Waals surface area contributed by atoms with Crippen LogP contribution in [0.1, 0.15) is 12.5 Å². The Morgan fingerprint density at radius 2 is 1.54 bits per heavy atom. The van der Waals surface area contributed by atoms with Crippen molar-refractivity contribution in [3.8, 4) is 17.2 Å². The molecular weight excluding hydrogens is 362 g/mol. The molecule has 7 heteroatoms. The van der Waals surface area contributed by atoms with Gasteiger partial charge >= 0.3 is 5.97 Å². The summed E-state index contributed by atoms with van der Waals surface area (Å²) in [6, 6.07) is 12.5. The van der Waals surface area contributed by atoms with Gasteiger partial charge < -0.3 is 23.8 Å². The summed E-state index contributed by atoms with van der Waals surface area (Å²) in [6.45, 7) is 1.55. The molecule has 0 aliphatic carbocycles. The zero-order chi connectivity index (χ0) is 20.7. The van der Waals surface area contributed by atoms with Crippen LogP contribution in [0.5, 0.6) is 17.2 Å². The van der Waals surface area contributed by atoms with Crippen molar-refractivity contribution in [2.45, 2.75) is 19.4 Å². The van der Waals surface area contributed by atoms with Gasteiger partial charge in [-0.1, -0.05) is 18.2 Å². The van der Waals surface area contributed by atoms with E-state index in [1.165, 1.54) is 26.2 Å². The van der Waals surface area contributed by atoms with E-state index in [1.807, 2.05) is 30.3 Å². The molecule has 150 valence electrons. The maximum Gasteiger partial charge on any atom is 0.311 e. The monoisotopic (exact) mass is 387 g/mol. The Hall–Kier alpha value is -3.22. The van der Waals surface area contributed by atoms with Crippen LogP contribution in [0.15, 0.2) is 42.5 Å². The van der Waals surface area contributed by atoms with Crippen molar-refractivity contribution < 1.29 is 28.5 Å². The third kappa shape index (κ3) is 4.94. The van der Waals surface area contributed by atoms with Gasteiger partial charge in [0.25, 0.3) is 5.91 Å². The minimum absolute atomic E-state index is 0.0383. The van der Waals surface area contributed by atoms with Gasteiger partial charge in [0.1, 0.15) is 0 Å². The first-order chi connectivity index (χ1) is 13.4. The first-order valence-corrected chi connectivity index (χ1v) is 8.72. The number of ether oxygens (including phenoxy) is 4. The van der Waals surface area contributed by atoms with E-state index in [1.54, 1.807) is 26.1 Å². The minimum Gasteiger partial charge on any atom is -0.493 e. The van der Waals surface area contributed by atoms with Gasteiger partial charge in [-0.05, 0) is 36.8 Å². The quantitative estimate of drug-likeness (QED) is 0.649. The number of hydrogen-bond donors (Lipinski definition) is 0. The summed E-state index contributed by atoms with van der Waals surface area (Å²) < 4.78 is 21.2. The number of para-hydroxylation sites is 1. The molecule has 0 aromatic heterocycles. The van der Waals surface area contributed by atoms with E-state index in [0.29, 0.717) is 22.8 Å². The molecule has 2 aromatic carbocycles. The number of rotatable bonds is 8. The Morgan fingerprint density at radius 1 is 0.964 bits per heavy atom. The van der Waals surface area contributed by atoms with Gasteiger partial charge in [-0.25, -0.2) is 0 Å². The number of methoxy groups -OCH3 is 3. The molecule has 1 amide bonds. The van der Waals surface area contributed by atoms with Crippen LogP contribution >= 0.6 is 0 Å². The second kappa shape index (κ2) is 9.64. The molecule has 0 spiro atoms. The van der Waals surface area contributed by atoms with Crippen LogP contribution in [0.2, 0.25) is 0 Å². The van der Waals surface area contributed by atoms with Crippen molar-refractivity contribution in [1.29, 1.82) is 0 Å². The van der Waals surface area contributed by atoms with E-state index in [4.69, 9.17) is 18.9 Å². The average Bonchev–Trinajstić information content (AvgIpc) is 2.72. The molecule has 0 unspecified atom stereocenters. The molecule has 7 nitrogen and oxygen atoms in total. The molecule has 2 rings (SSSR count). The van der Waals surface area contributed by atoms with E-state index < -0.39 is 12.1 Å². The molecule has 0 N–H and O–H groups in total. The van der Waals surface area contributed by atoms with Crippen LogP contribution in [0, 0.1) is 0 Å². The van der Waals surface area contributed by atoms with Crippen molar-refractivity contribution in [2.75, 3.05) is 33.3 Å². The first kappa shape index (κ1) is 21.1. The Kier molecular flexibility index (Phi) is 7.26. The highest BCUT2D eigenvalue weighted by Crippen LogP contribution is 2.38. The van der Waals surface area contributed by atoms with Gasteiger partial charge in [-0.3, -0.25) is 9.59 Å². The summed E-state index contributed by atoms with van der Waals surface area (Å²) in [6.07, 6.45) is -0.955. The normalized spacial score (nSPS) is 11.3. The molecule has 0 saturated heterocycles. The number of esters is 1. The van der Waals surface area contributed by atoms with Gasteiger partial charge in [0.2, 0.25) is 5.75 Å². The molecule has 0 heterocycles. The fraction of sp³-hybridized carbons (Fsp3) is 0.333. The molecule has 2 aromatic rings. The second-order valence-corrected chi connectivity index (χ2v) is 6.08. The summed E-state index contributed by atoms with van der Waals surface area (Å²) in [7, 11) is 6.14. The molecule has 0 saturated carbocycles. The van der Waals surface area contributed by atoms with E-state index in [9.17, 15) is 9.59 Å². The standard InChI is InChI=1S/C21H25NO6/c1-14(21(24)22(2)16-9-7-6-8-10-16)28-19(23)13-15-11-17(25-3)20(27-5)18(12-15)26-4/h6-12,14H,13H2,1-5H3/t14-/m0/s1. The van der Waals surface area contributed by atoms with Crippen LogP contribution < -0.4 is 19.1 Å². The second-order valence-electron chi connectivity index (χ2n) is 6.08. The van der Waals surface area contributed by atoms with Crippen LogP contribution in [0.25, 0.3) is 0 Å². The maximum atomic E-state index is 12.5. The number of anilines is 1. The lowest BCUT2D eigenvalue weighted by Gasteiger charge is -2.21. The topological polar surface area (TPSA) is 74.3 Å². The lowest BCUT2D eigenvalue weighted by atomic mass is 10.1. The predicted octanol–water partition coefficient (Wildman–Crippen LogP) is 2.85. The summed E-state index contributed by atoms with van der Waals surface area (Å²) >= 11 is 0. The zero-order valence-corrected chi connectivity index (χ0v) is 16.7. The lowest BCUT2D eigenvalue weighted by Crippen LogP contribution is -2.37. The van der Waals surface area contributed by atoms with E-state index in [-0.39, 0.29) is 12.3 Å². The third-order valence-electron chi connectivity index (χ3n) is 4.20. The van der Waals surface area contributed by atoms with E-state index >= 15 is 0 Å². The summed E-state index contributed by atoms with van der Waals surface area (Å²) in [5.74, 6) is 0.478. The van der Waals surface area contributed by atoms with E-state index in [0.717, 1.165) is 5.69 Å². The van der Waals surface area contributed by atoms with Crippen molar-refractivity contribution in [2.24, 2.45) is 0 Å². The summed E-state index contributed by atoms with van der Waals surface area (Å²) in [5.41, 5.74) is 1.34. The largest absolute Gasteiger partial charge is 0.493 e. The highest BCUT2D eigenvalue weighted by molar-refractivity contribution is 5.96. The number of nitrogens with zero attached hydrogens (tertiary/aromatic N) is 1. The average molecular weight is 387 g/mol.